The molecule has 82 valence electrons. The van der Waals surface area contributed by atoms with Gasteiger partial charge in [0.1, 0.15) is 5.75 Å². The maximum Gasteiger partial charge on any atom is 0.116 e. The Kier molecular flexibility index (Phi) is 4.16. The molecule has 2 rings (SSSR count). The van der Waals surface area contributed by atoms with Gasteiger partial charge >= 0.3 is 0 Å². The molecule has 16 heavy (non-hydrogen) atoms. The van der Waals surface area contributed by atoms with Crippen molar-refractivity contribution < 1.29 is 5.11 Å². The first-order valence-electron chi connectivity index (χ1n) is 4.57. The van der Waals surface area contributed by atoms with Crippen molar-refractivity contribution in [3.8, 4) is 5.75 Å². The lowest BCUT2D eigenvalue weighted by Crippen LogP contribution is -1.77. The molecule has 0 atom stereocenters. The van der Waals surface area contributed by atoms with Crippen LogP contribution in [0.25, 0.3) is 0 Å². The molecule has 0 amide bonds. The van der Waals surface area contributed by atoms with Crippen molar-refractivity contribution in [2.24, 2.45) is 0 Å². The van der Waals surface area contributed by atoms with Crippen LogP contribution in [0.4, 0.5) is 0 Å². The summed E-state index contributed by atoms with van der Waals surface area (Å²) in [4.78, 5) is 2.28. The second kappa shape index (κ2) is 5.42. The van der Waals surface area contributed by atoms with Gasteiger partial charge < -0.3 is 5.11 Å². The molecule has 0 heterocycles. The van der Waals surface area contributed by atoms with Gasteiger partial charge in [-0.2, -0.15) is 0 Å². The predicted molar refractivity (Wildman–Crippen MR) is 79.1 cm³/mol. The van der Waals surface area contributed by atoms with Crippen LogP contribution in [0.5, 0.6) is 5.75 Å². The summed E-state index contributed by atoms with van der Waals surface area (Å²) in [5.74, 6) is 0.277. The molecule has 0 bridgehead atoms. The van der Waals surface area contributed by atoms with Crippen LogP contribution in [0.15, 0.2) is 56.7 Å². The van der Waals surface area contributed by atoms with Crippen LogP contribution in [-0.2, 0) is 0 Å². The van der Waals surface area contributed by atoms with Gasteiger partial charge in [-0.1, -0.05) is 11.8 Å². The van der Waals surface area contributed by atoms with Crippen molar-refractivity contribution in [2.45, 2.75) is 9.79 Å². The van der Waals surface area contributed by atoms with E-state index in [0.29, 0.717) is 0 Å². The van der Waals surface area contributed by atoms with Crippen LogP contribution < -0.4 is 0 Å². The van der Waals surface area contributed by atoms with Crippen molar-refractivity contribution in [1.29, 1.82) is 0 Å². The van der Waals surface area contributed by atoms with Crippen LogP contribution in [0, 0.1) is 3.57 Å². The summed E-state index contributed by atoms with van der Waals surface area (Å²) in [6.45, 7) is 0. The number of halogens is 2. The van der Waals surface area contributed by atoms with Crippen molar-refractivity contribution in [1.82, 2.24) is 0 Å². The lowest BCUT2D eigenvalue weighted by Gasteiger charge is -2.04. The molecule has 2 aromatic rings. The van der Waals surface area contributed by atoms with Crippen molar-refractivity contribution in [2.75, 3.05) is 0 Å². The van der Waals surface area contributed by atoms with E-state index in [1.165, 1.54) is 8.47 Å². The van der Waals surface area contributed by atoms with E-state index < -0.39 is 0 Å². The van der Waals surface area contributed by atoms with Gasteiger partial charge in [-0.05, 0) is 81.0 Å². The molecule has 0 aromatic heterocycles. The van der Waals surface area contributed by atoms with Crippen LogP contribution in [-0.4, -0.2) is 5.11 Å². The molecule has 1 nitrogen and oxygen atoms in total. The van der Waals surface area contributed by atoms with Gasteiger partial charge in [0.05, 0.1) is 0 Å². The molecule has 2 aromatic carbocycles. The Bertz CT molecular complexity index is 499. The maximum absolute atomic E-state index is 9.30. The first-order valence-corrected chi connectivity index (χ1v) is 7.26. The molecule has 4 heteroatoms. The molecule has 0 unspecified atom stereocenters. The lowest BCUT2D eigenvalue weighted by atomic mass is 10.3. The average molecular weight is 407 g/mol. The zero-order valence-corrected chi connectivity index (χ0v) is 12.7. The van der Waals surface area contributed by atoms with Gasteiger partial charge in [-0.3, -0.25) is 0 Å². The molecule has 0 aliphatic carbocycles. The van der Waals surface area contributed by atoms with Gasteiger partial charge in [0, 0.05) is 17.8 Å². The molecular formula is C12H8BrIOS. The average Bonchev–Trinajstić information content (AvgIpc) is 2.25. The van der Waals surface area contributed by atoms with E-state index in [-0.39, 0.29) is 5.75 Å². The van der Waals surface area contributed by atoms with Crippen LogP contribution in [0.1, 0.15) is 0 Å². The summed E-state index contributed by atoms with van der Waals surface area (Å²) in [7, 11) is 0. The van der Waals surface area contributed by atoms with Crippen LogP contribution in [0.2, 0.25) is 0 Å². The second-order valence-corrected chi connectivity index (χ2v) is 6.39. The Labute approximate surface area is 121 Å². The molecule has 1 N–H and O–H groups in total. The zero-order valence-electron chi connectivity index (χ0n) is 8.15. The Morgan fingerprint density at radius 3 is 2.38 bits per heavy atom. The first kappa shape index (κ1) is 12.3. The Morgan fingerprint density at radius 2 is 1.75 bits per heavy atom. The van der Waals surface area contributed by atoms with Gasteiger partial charge in [-0.15, -0.1) is 0 Å². The third kappa shape index (κ3) is 3.15. The normalized spacial score (nSPS) is 10.4. The minimum atomic E-state index is 0.277. The number of hydrogen-bond acceptors (Lipinski definition) is 2. The summed E-state index contributed by atoms with van der Waals surface area (Å²) in [5, 5.41) is 9.30. The number of aromatic hydroxyl groups is 1. The van der Waals surface area contributed by atoms with E-state index in [1.807, 2.05) is 6.07 Å². The summed E-state index contributed by atoms with van der Waals surface area (Å²) in [6, 6.07) is 13.6. The fraction of sp³-hybridized carbons (Fsp3) is 0. The number of phenols is 1. The molecule has 0 aliphatic rings. The molecule has 0 saturated carbocycles. The van der Waals surface area contributed by atoms with E-state index in [0.717, 1.165) is 9.37 Å². The minimum absolute atomic E-state index is 0.277. The summed E-state index contributed by atoms with van der Waals surface area (Å²) in [6.07, 6.45) is 0. The summed E-state index contributed by atoms with van der Waals surface area (Å²) >= 11 is 7.39. The second-order valence-electron chi connectivity index (χ2n) is 3.17. The molecule has 0 radical (unpaired) electrons. The number of benzene rings is 2. The number of phenolic OH excluding ortho intramolecular Hbond substituents is 1. The quantitative estimate of drug-likeness (QED) is 0.715. The highest BCUT2D eigenvalue weighted by Crippen LogP contribution is 2.35. The largest absolute Gasteiger partial charge is 0.508 e. The summed E-state index contributed by atoms with van der Waals surface area (Å²) < 4.78 is 2.14. The fourth-order valence-corrected chi connectivity index (χ4v) is 2.99. The maximum atomic E-state index is 9.30. The van der Waals surface area contributed by atoms with Crippen LogP contribution >= 0.6 is 50.3 Å². The van der Waals surface area contributed by atoms with E-state index in [4.69, 9.17) is 0 Å². The molecule has 0 saturated heterocycles. The van der Waals surface area contributed by atoms with E-state index in [2.05, 4.69) is 62.8 Å². The third-order valence-electron chi connectivity index (χ3n) is 1.96. The van der Waals surface area contributed by atoms with Gasteiger partial charge in [0.25, 0.3) is 0 Å². The van der Waals surface area contributed by atoms with Crippen molar-refractivity contribution >= 4 is 50.3 Å². The number of hydrogen-bond donors (Lipinski definition) is 1. The highest BCUT2D eigenvalue weighted by molar-refractivity contribution is 14.1. The minimum Gasteiger partial charge on any atom is -0.508 e. The monoisotopic (exact) mass is 406 g/mol. The SMILES string of the molecule is Oc1ccc(Sc2ccc(I)cc2)c(Br)c1. The number of rotatable bonds is 2. The van der Waals surface area contributed by atoms with Crippen LogP contribution in [0.3, 0.4) is 0 Å². The van der Waals surface area contributed by atoms with E-state index in [9.17, 15) is 5.11 Å². The standard InChI is InChI=1S/C12H8BrIOS/c13-11-7-9(15)3-6-12(11)16-10-4-1-8(14)2-5-10/h1-7,15H. The molecule has 0 spiro atoms. The van der Waals surface area contributed by atoms with Gasteiger partial charge in [-0.25, -0.2) is 0 Å². The summed E-state index contributed by atoms with van der Waals surface area (Å²) in [5.41, 5.74) is 0. The Morgan fingerprint density at radius 1 is 1.06 bits per heavy atom. The van der Waals surface area contributed by atoms with Gasteiger partial charge in [0.2, 0.25) is 0 Å². The Hall–Kier alpha value is -0.200. The topological polar surface area (TPSA) is 20.2 Å². The molecular weight excluding hydrogens is 399 g/mol. The smallest absolute Gasteiger partial charge is 0.116 e. The first-order chi connectivity index (χ1) is 7.65. The van der Waals surface area contributed by atoms with Gasteiger partial charge in [0.15, 0.2) is 0 Å². The van der Waals surface area contributed by atoms with Crippen molar-refractivity contribution in [3.05, 3.63) is 50.5 Å². The fourth-order valence-electron chi connectivity index (χ4n) is 1.20. The van der Waals surface area contributed by atoms with E-state index >= 15 is 0 Å². The Balaban J connectivity index is 2.23. The third-order valence-corrected chi connectivity index (χ3v) is 4.68. The lowest BCUT2D eigenvalue weighted by molar-refractivity contribution is 0.474. The van der Waals surface area contributed by atoms with Crippen molar-refractivity contribution in [3.63, 3.8) is 0 Å². The molecule has 0 fully saturated rings. The van der Waals surface area contributed by atoms with E-state index in [1.54, 1.807) is 23.9 Å². The zero-order chi connectivity index (χ0) is 11.5. The highest BCUT2D eigenvalue weighted by Gasteiger charge is 2.03. The highest BCUT2D eigenvalue weighted by atomic mass is 127. The predicted octanol–water partition coefficient (Wildman–Crippen LogP) is 4.91. The molecule has 0 aliphatic heterocycles.